The maximum Gasteiger partial charge on any atom is 0.173 e. The van der Waals surface area contributed by atoms with Crippen LogP contribution >= 0.6 is 23.6 Å². The molecule has 0 aliphatic heterocycles. The third kappa shape index (κ3) is 6.10. The van der Waals surface area contributed by atoms with E-state index < -0.39 is 0 Å². The first-order chi connectivity index (χ1) is 12.0. The van der Waals surface area contributed by atoms with Crippen molar-refractivity contribution in [1.82, 2.24) is 4.90 Å². The van der Waals surface area contributed by atoms with Crippen LogP contribution in [0.2, 0.25) is 0 Å². The number of likely N-dealkylation sites (N-methyl/N-ethyl adjacent to an activating group) is 1. The molecule has 1 aromatic carbocycles. The van der Waals surface area contributed by atoms with Crippen LogP contribution in [-0.4, -0.2) is 36.2 Å². The fourth-order valence-electron chi connectivity index (χ4n) is 2.80. The normalized spacial score (nSPS) is 10.9. The summed E-state index contributed by atoms with van der Waals surface area (Å²) in [6, 6.07) is 10.7. The zero-order chi connectivity index (χ0) is 18.2. The van der Waals surface area contributed by atoms with Crippen molar-refractivity contribution in [2.45, 2.75) is 34.2 Å². The van der Waals surface area contributed by atoms with Crippen molar-refractivity contribution in [3.05, 3.63) is 51.7 Å². The van der Waals surface area contributed by atoms with Crippen molar-refractivity contribution in [3.8, 4) is 0 Å². The molecule has 3 nitrogen and oxygen atoms in total. The Morgan fingerprint density at radius 3 is 2.60 bits per heavy atom. The van der Waals surface area contributed by atoms with Crippen LogP contribution in [0.3, 0.4) is 0 Å². The maximum atomic E-state index is 5.77. The Balaban J connectivity index is 2.09. The molecule has 2 aromatic rings. The van der Waals surface area contributed by atoms with E-state index in [2.05, 4.69) is 73.6 Å². The van der Waals surface area contributed by atoms with Gasteiger partial charge in [-0.05, 0) is 68.6 Å². The van der Waals surface area contributed by atoms with Gasteiger partial charge in [0.2, 0.25) is 0 Å². The second kappa shape index (κ2) is 9.90. The van der Waals surface area contributed by atoms with Crippen LogP contribution in [0.1, 0.15) is 29.9 Å². The van der Waals surface area contributed by atoms with E-state index in [1.54, 1.807) is 16.2 Å². The first kappa shape index (κ1) is 19.9. The second-order valence-corrected chi connectivity index (χ2v) is 7.88. The van der Waals surface area contributed by atoms with Crippen molar-refractivity contribution in [3.63, 3.8) is 0 Å². The number of thiocarbonyl (C=S) groups is 1. The minimum Gasteiger partial charge on any atom is -0.338 e. The van der Waals surface area contributed by atoms with Gasteiger partial charge in [0, 0.05) is 10.6 Å². The summed E-state index contributed by atoms with van der Waals surface area (Å²) in [7, 11) is 0. The first-order valence-electron chi connectivity index (χ1n) is 9.02. The highest BCUT2D eigenvalue weighted by atomic mass is 32.1. The van der Waals surface area contributed by atoms with Crippen LogP contribution in [-0.2, 0) is 6.54 Å². The minimum absolute atomic E-state index is 0.814. The van der Waals surface area contributed by atoms with Crippen LogP contribution < -0.4 is 10.2 Å². The van der Waals surface area contributed by atoms with E-state index in [4.69, 9.17) is 12.2 Å². The van der Waals surface area contributed by atoms with E-state index in [9.17, 15) is 0 Å². The van der Waals surface area contributed by atoms with Crippen LogP contribution in [0.4, 0.5) is 5.69 Å². The lowest BCUT2D eigenvalue weighted by Gasteiger charge is -2.27. The Bertz CT molecular complexity index is 664. The fourth-order valence-corrected chi connectivity index (χ4v) is 3.79. The Kier molecular flexibility index (Phi) is 7.88. The van der Waals surface area contributed by atoms with E-state index >= 15 is 0 Å². The van der Waals surface area contributed by atoms with E-state index in [0.29, 0.717) is 0 Å². The Morgan fingerprint density at radius 1 is 1.20 bits per heavy atom. The molecule has 0 spiro atoms. The van der Waals surface area contributed by atoms with Crippen molar-refractivity contribution < 1.29 is 4.90 Å². The number of quaternary nitrogens is 1. The lowest BCUT2D eigenvalue weighted by molar-refractivity contribution is -0.895. The predicted octanol–water partition coefficient (Wildman–Crippen LogP) is 3.49. The summed E-state index contributed by atoms with van der Waals surface area (Å²) in [5, 5.41) is 6.42. The molecule has 0 amide bonds. The molecular formula is C20H30N3S2+. The van der Waals surface area contributed by atoms with E-state index in [0.717, 1.165) is 43.5 Å². The van der Waals surface area contributed by atoms with Crippen molar-refractivity contribution in [1.29, 1.82) is 0 Å². The fraction of sp³-hybridized carbons (Fsp3) is 0.450. The largest absolute Gasteiger partial charge is 0.338 e. The number of nitrogens with one attached hydrogen (secondary N) is 2. The molecule has 0 bridgehead atoms. The van der Waals surface area contributed by atoms with Gasteiger partial charge in [0.05, 0.1) is 32.7 Å². The lowest BCUT2D eigenvalue weighted by Crippen LogP contribution is -3.12. The SMILES string of the molecule is CC[NH+](CC)CCN(Cc1cccs1)C(=S)Nc1cc(C)ccc1C. The van der Waals surface area contributed by atoms with Crippen LogP contribution in [0.5, 0.6) is 0 Å². The summed E-state index contributed by atoms with van der Waals surface area (Å²) >= 11 is 7.56. The Labute approximate surface area is 161 Å². The van der Waals surface area contributed by atoms with Gasteiger partial charge in [-0.15, -0.1) is 11.3 Å². The average Bonchev–Trinajstić information content (AvgIpc) is 3.11. The van der Waals surface area contributed by atoms with Crippen LogP contribution in [0.15, 0.2) is 35.7 Å². The molecule has 5 heteroatoms. The lowest BCUT2D eigenvalue weighted by atomic mass is 10.1. The monoisotopic (exact) mass is 376 g/mol. The number of anilines is 1. The van der Waals surface area contributed by atoms with Gasteiger partial charge in [0.25, 0.3) is 0 Å². The van der Waals surface area contributed by atoms with Gasteiger partial charge in [-0.2, -0.15) is 0 Å². The van der Waals surface area contributed by atoms with E-state index in [1.165, 1.54) is 16.0 Å². The summed E-state index contributed by atoms with van der Waals surface area (Å²) in [5.41, 5.74) is 3.57. The molecule has 0 saturated carbocycles. The summed E-state index contributed by atoms with van der Waals surface area (Å²) in [6.45, 7) is 14.0. The van der Waals surface area contributed by atoms with Gasteiger partial charge >= 0.3 is 0 Å². The average molecular weight is 377 g/mol. The number of hydrogen-bond acceptors (Lipinski definition) is 2. The molecule has 2 rings (SSSR count). The predicted molar refractivity (Wildman–Crippen MR) is 114 cm³/mol. The van der Waals surface area contributed by atoms with Gasteiger partial charge < -0.3 is 15.1 Å². The second-order valence-electron chi connectivity index (χ2n) is 6.46. The van der Waals surface area contributed by atoms with E-state index in [1.807, 2.05) is 0 Å². The third-order valence-corrected chi connectivity index (χ3v) is 5.81. The molecule has 0 atom stereocenters. The zero-order valence-corrected chi connectivity index (χ0v) is 17.4. The van der Waals surface area contributed by atoms with Crippen LogP contribution in [0.25, 0.3) is 0 Å². The number of nitrogens with zero attached hydrogens (tertiary/aromatic N) is 1. The quantitative estimate of drug-likeness (QED) is 0.688. The van der Waals surface area contributed by atoms with Gasteiger partial charge in [-0.25, -0.2) is 0 Å². The minimum atomic E-state index is 0.814. The topological polar surface area (TPSA) is 19.7 Å². The highest BCUT2D eigenvalue weighted by Gasteiger charge is 2.15. The smallest absolute Gasteiger partial charge is 0.173 e. The van der Waals surface area contributed by atoms with E-state index in [-0.39, 0.29) is 0 Å². The van der Waals surface area contributed by atoms with Gasteiger partial charge in [0.15, 0.2) is 5.11 Å². The first-order valence-corrected chi connectivity index (χ1v) is 10.3. The zero-order valence-electron chi connectivity index (χ0n) is 15.8. The molecule has 0 aliphatic rings. The molecule has 25 heavy (non-hydrogen) atoms. The summed E-state index contributed by atoms with van der Waals surface area (Å²) < 4.78 is 0. The molecular weight excluding hydrogens is 346 g/mol. The number of hydrogen-bond donors (Lipinski definition) is 2. The number of rotatable bonds is 8. The number of thiophene rings is 1. The van der Waals surface area contributed by atoms with Gasteiger partial charge in [-0.3, -0.25) is 0 Å². The molecule has 0 fully saturated rings. The van der Waals surface area contributed by atoms with Crippen molar-refractivity contribution in [2.24, 2.45) is 0 Å². The molecule has 0 unspecified atom stereocenters. The molecule has 0 radical (unpaired) electrons. The van der Waals surface area contributed by atoms with Crippen LogP contribution in [0, 0.1) is 13.8 Å². The molecule has 1 heterocycles. The van der Waals surface area contributed by atoms with Crippen molar-refractivity contribution >= 4 is 34.4 Å². The molecule has 2 N–H and O–H groups in total. The molecule has 0 saturated heterocycles. The maximum absolute atomic E-state index is 5.77. The van der Waals surface area contributed by atoms with Crippen molar-refractivity contribution in [2.75, 3.05) is 31.5 Å². The molecule has 136 valence electrons. The Hall–Kier alpha value is -1.43. The molecule has 0 aliphatic carbocycles. The highest BCUT2D eigenvalue weighted by molar-refractivity contribution is 7.80. The standard InChI is InChI=1S/C20H29N3S2/c1-5-22(6-2)11-12-23(15-18-8-7-13-25-18)20(24)21-19-14-16(3)9-10-17(19)4/h7-10,13-14H,5-6,11-12,15H2,1-4H3,(H,21,24)/p+1. The summed E-state index contributed by atoms with van der Waals surface area (Å²) in [5.74, 6) is 0. The third-order valence-electron chi connectivity index (χ3n) is 4.58. The highest BCUT2D eigenvalue weighted by Crippen LogP contribution is 2.18. The summed E-state index contributed by atoms with van der Waals surface area (Å²) in [4.78, 5) is 5.25. The number of aryl methyl sites for hydroxylation is 2. The van der Waals surface area contributed by atoms with Gasteiger partial charge in [0.1, 0.15) is 0 Å². The number of benzene rings is 1. The van der Waals surface area contributed by atoms with Gasteiger partial charge in [-0.1, -0.05) is 18.2 Å². The molecule has 1 aromatic heterocycles. The Morgan fingerprint density at radius 2 is 1.96 bits per heavy atom. The summed E-state index contributed by atoms with van der Waals surface area (Å²) in [6.07, 6.45) is 0.